The number of hydrogen-bond donors (Lipinski definition) is 2. The van der Waals surface area contributed by atoms with E-state index in [1.807, 2.05) is 6.07 Å². The molecule has 0 radical (unpaired) electrons. The summed E-state index contributed by atoms with van der Waals surface area (Å²) in [6.07, 6.45) is 6.83. The van der Waals surface area contributed by atoms with Crippen LogP contribution in [0.15, 0.2) is 48.8 Å². The van der Waals surface area contributed by atoms with E-state index in [-0.39, 0.29) is 24.8 Å². The van der Waals surface area contributed by atoms with E-state index in [0.717, 1.165) is 30.0 Å². The Balaban J connectivity index is 1.32. The molecule has 1 aliphatic carbocycles. The van der Waals surface area contributed by atoms with Crippen LogP contribution in [0.5, 0.6) is 5.75 Å². The van der Waals surface area contributed by atoms with Gasteiger partial charge < -0.3 is 15.4 Å². The summed E-state index contributed by atoms with van der Waals surface area (Å²) in [4.78, 5) is 28.3. The van der Waals surface area contributed by atoms with Gasteiger partial charge in [-0.25, -0.2) is 8.78 Å². The molecule has 0 unspecified atom stereocenters. The first-order chi connectivity index (χ1) is 14.9. The number of nitrogens with one attached hydrogen (secondary N) is 2. The summed E-state index contributed by atoms with van der Waals surface area (Å²) in [6.45, 7) is 3.66. The second-order valence-electron chi connectivity index (χ2n) is 7.56. The Kier molecular flexibility index (Phi) is 7.70. The molecule has 6 nitrogen and oxygen atoms in total. The molecule has 0 aliphatic heterocycles. The third-order valence-electron chi connectivity index (χ3n) is 4.90. The maximum Gasteiger partial charge on any atom is 0.273 e. The molecule has 1 heterocycles. The highest BCUT2D eigenvalue weighted by Crippen LogP contribution is 2.33. The molecule has 1 aliphatic rings. The number of halogens is 2. The Morgan fingerprint density at radius 3 is 2.65 bits per heavy atom. The lowest BCUT2D eigenvalue weighted by Gasteiger charge is -2.10. The summed E-state index contributed by atoms with van der Waals surface area (Å²) in [7, 11) is 0. The number of carbonyl (C=O) groups is 2. The van der Waals surface area contributed by atoms with Gasteiger partial charge in [0.2, 0.25) is 0 Å². The Hall–Kier alpha value is -3.29. The number of pyridine rings is 1. The molecule has 3 rings (SSSR count). The minimum absolute atomic E-state index is 0.0526. The van der Waals surface area contributed by atoms with E-state index < -0.39 is 17.5 Å². The molecule has 8 heteroatoms. The standard InChI is InChI=1S/C23H25F2N3O3/c1-15(10-11-26-22(29)14-31-18-7-8-19(24)20(25)12-18)28-23(30)21-9-6-17(13-27-21)5-4-16-2-3-16/h6-9,12-13,16H,1-5,10-11,14H2,(H,26,29)(H,28,30). The molecule has 1 aromatic carbocycles. The van der Waals surface area contributed by atoms with Crippen LogP contribution in [0.4, 0.5) is 8.78 Å². The SMILES string of the molecule is C=C(CCNC(=O)COc1ccc(F)c(F)c1)NC(=O)c1ccc(CCC2CC2)cn1. The van der Waals surface area contributed by atoms with Crippen molar-refractivity contribution in [2.75, 3.05) is 13.2 Å². The summed E-state index contributed by atoms with van der Waals surface area (Å²) in [5.41, 5.74) is 1.86. The largest absolute Gasteiger partial charge is 0.484 e. The first-order valence-electron chi connectivity index (χ1n) is 10.2. The van der Waals surface area contributed by atoms with Gasteiger partial charge in [-0.2, -0.15) is 0 Å². The van der Waals surface area contributed by atoms with E-state index in [1.54, 1.807) is 12.3 Å². The Morgan fingerprint density at radius 1 is 1.16 bits per heavy atom. The lowest BCUT2D eigenvalue weighted by molar-refractivity contribution is -0.123. The minimum Gasteiger partial charge on any atom is -0.484 e. The average molecular weight is 429 g/mol. The normalized spacial score (nSPS) is 12.8. The quantitative estimate of drug-likeness (QED) is 0.573. The number of carbonyl (C=O) groups excluding carboxylic acids is 2. The lowest BCUT2D eigenvalue weighted by atomic mass is 10.1. The van der Waals surface area contributed by atoms with Crippen LogP contribution in [0.2, 0.25) is 0 Å². The smallest absolute Gasteiger partial charge is 0.273 e. The summed E-state index contributed by atoms with van der Waals surface area (Å²) in [5, 5.41) is 5.26. The zero-order valence-electron chi connectivity index (χ0n) is 17.1. The van der Waals surface area contributed by atoms with Gasteiger partial charge in [-0.1, -0.05) is 25.5 Å². The number of benzene rings is 1. The number of amides is 2. The molecule has 1 fully saturated rings. The van der Waals surface area contributed by atoms with E-state index in [0.29, 0.717) is 17.8 Å². The van der Waals surface area contributed by atoms with Crippen LogP contribution in [-0.4, -0.2) is 29.9 Å². The van der Waals surface area contributed by atoms with Gasteiger partial charge in [-0.15, -0.1) is 0 Å². The van der Waals surface area contributed by atoms with Gasteiger partial charge in [0.25, 0.3) is 11.8 Å². The summed E-state index contributed by atoms with van der Waals surface area (Å²) in [5.74, 6) is -1.93. The zero-order valence-corrected chi connectivity index (χ0v) is 17.1. The highest BCUT2D eigenvalue weighted by Gasteiger charge is 2.20. The van der Waals surface area contributed by atoms with Crippen LogP contribution < -0.4 is 15.4 Å². The van der Waals surface area contributed by atoms with E-state index >= 15 is 0 Å². The van der Waals surface area contributed by atoms with Crippen molar-refractivity contribution in [3.8, 4) is 5.75 Å². The van der Waals surface area contributed by atoms with Gasteiger partial charge in [0, 0.05) is 30.9 Å². The predicted octanol–water partition coefficient (Wildman–Crippen LogP) is 3.53. The van der Waals surface area contributed by atoms with Crippen molar-refractivity contribution in [2.45, 2.75) is 32.1 Å². The lowest BCUT2D eigenvalue weighted by Crippen LogP contribution is -2.31. The van der Waals surface area contributed by atoms with Crippen LogP contribution >= 0.6 is 0 Å². The molecule has 164 valence electrons. The number of nitrogens with zero attached hydrogens (tertiary/aromatic N) is 1. The van der Waals surface area contributed by atoms with Gasteiger partial charge >= 0.3 is 0 Å². The fourth-order valence-corrected chi connectivity index (χ4v) is 2.89. The topological polar surface area (TPSA) is 80.3 Å². The van der Waals surface area contributed by atoms with Crippen molar-refractivity contribution in [3.63, 3.8) is 0 Å². The second-order valence-corrected chi connectivity index (χ2v) is 7.56. The molecule has 31 heavy (non-hydrogen) atoms. The molecular formula is C23H25F2N3O3. The van der Waals surface area contributed by atoms with Gasteiger partial charge in [0.05, 0.1) is 0 Å². The zero-order chi connectivity index (χ0) is 22.2. The molecule has 2 N–H and O–H groups in total. The van der Waals surface area contributed by atoms with E-state index in [9.17, 15) is 18.4 Å². The van der Waals surface area contributed by atoms with Crippen molar-refractivity contribution in [2.24, 2.45) is 5.92 Å². The fraction of sp³-hybridized carbons (Fsp3) is 0.348. The number of hydrogen-bond acceptors (Lipinski definition) is 4. The van der Waals surface area contributed by atoms with E-state index in [2.05, 4.69) is 22.2 Å². The van der Waals surface area contributed by atoms with Gasteiger partial charge in [-0.05, 0) is 42.5 Å². The fourth-order valence-electron chi connectivity index (χ4n) is 2.89. The Morgan fingerprint density at radius 2 is 1.97 bits per heavy atom. The van der Waals surface area contributed by atoms with Gasteiger partial charge in [0.1, 0.15) is 11.4 Å². The number of aromatic nitrogens is 1. The van der Waals surface area contributed by atoms with Crippen LogP contribution in [0.25, 0.3) is 0 Å². The van der Waals surface area contributed by atoms with Crippen molar-refractivity contribution >= 4 is 11.8 Å². The maximum absolute atomic E-state index is 13.1. The van der Waals surface area contributed by atoms with Gasteiger partial charge in [0.15, 0.2) is 18.2 Å². The molecule has 1 aromatic heterocycles. The average Bonchev–Trinajstić information content (AvgIpc) is 3.58. The molecule has 1 saturated carbocycles. The van der Waals surface area contributed by atoms with E-state index in [1.165, 1.54) is 25.3 Å². The van der Waals surface area contributed by atoms with Crippen LogP contribution in [0, 0.1) is 17.6 Å². The number of ether oxygens (including phenoxy) is 1. The molecule has 0 bridgehead atoms. The monoisotopic (exact) mass is 429 g/mol. The summed E-state index contributed by atoms with van der Waals surface area (Å²) in [6, 6.07) is 6.64. The molecule has 0 saturated heterocycles. The second kappa shape index (κ2) is 10.7. The minimum atomic E-state index is -1.05. The first-order valence-corrected chi connectivity index (χ1v) is 10.2. The van der Waals surface area contributed by atoms with Crippen molar-refractivity contribution in [1.29, 1.82) is 0 Å². The van der Waals surface area contributed by atoms with Crippen molar-refractivity contribution < 1.29 is 23.1 Å². The van der Waals surface area contributed by atoms with Crippen LogP contribution in [-0.2, 0) is 11.2 Å². The van der Waals surface area contributed by atoms with Crippen molar-refractivity contribution in [3.05, 3.63) is 71.7 Å². The molecule has 0 spiro atoms. The molecule has 2 aromatic rings. The number of aryl methyl sites for hydroxylation is 1. The van der Waals surface area contributed by atoms with Crippen LogP contribution in [0.1, 0.15) is 41.7 Å². The molecule has 2 amide bonds. The highest BCUT2D eigenvalue weighted by atomic mass is 19.2. The maximum atomic E-state index is 13.1. The summed E-state index contributed by atoms with van der Waals surface area (Å²) < 4.78 is 31.1. The first kappa shape index (κ1) is 22.4. The molecule has 0 atom stereocenters. The Labute approximate surface area is 179 Å². The van der Waals surface area contributed by atoms with Crippen LogP contribution in [0.3, 0.4) is 0 Å². The van der Waals surface area contributed by atoms with E-state index in [4.69, 9.17) is 4.74 Å². The third-order valence-corrected chi connectivity index (χ3v) is 4.90. The third kappa shape index (κ3) is 7.47. The highest BCUT2D eigenvalue weighted by molar-refractivity contribution is 5.93. The predicted molar refractivity (Wildman–Crippen MR) is 111 cm³/mol. The number of rotatable bonds is 11. The molecular weight excluding hydrogens is 404 g/mol. The Bertz CT molecular complexity index is 944. The van der Waals surface area contributed by atoms with Crippen molar-refractivity contribution in [1.82, 2.24) is 15.6 Å². The summed E-state index contributed by atoms with van der Waals surface area (Å²) >= 11 is 0. The van der Waals surface area contributed by atoms with Gasteiger partial charge in [-0.3, -0.25) is 14.6 Å².